The molecule has 0 fully saturated rings. The van der Waals surface area contributed by atoms with Gasteiger partial charge in [0.05, 0.1) is 25.4 Å². The van der Waals surface area contributed by atoms with E-state index in [2.05, 4.69) is 67.8 Å². The van der Waals surface area contributed by atoms with Crippen molar-refractivity contribution in [1.82, 2.24) is 5.32 Å². The zero-order valence-electron chi connectivity index (χ0n) is 25.2. The molecule has 41 heavy (non-hydrogen) atoms. The average molecular weight is 595 g/mol. The summed E-state index contributed by atoms with van der Waals surface area (Å²) in [6, 6.07) is -0.914. The van der Waals surface area contributed by atoms with Crippen LogP contribution in [-0.2, 0) is 18.4 Å². The maximum absolute atomic E-state index is 12.5. The summed E-state index contributed by atoms with van der Waals surface area (Å²) in [5, 5.41) is 13.4. The van der Waals surface area contributed by atoms with Gasteiger partial charge in [0.2, 0.25) is 5.91 Å². The third kappa shape index (κ3) is 26.6. The van der Waals surface area contributed by atoms with Crippen molar-refractivity contribution in [3.05, 3.63) is 72.9 Å². The molecule has 5 N–H and O–H groups in total. The van der Waals surface area contributed by atoms with Crippen LogP contribution >= 0.6 is 7.82 Å². The first-order chi connectivity index (χ1) is 19.9. The van der Waals surface area contributed by atoms with Gasteiger partial charge >= 0.3 is 7.82 Å². The lowest BCUT2D eigenvalue weighted by Gasteiger charge is -2.23. The van der Waals surface area contributed by atoms with E-state index in [1.165, 1.54) is 19.3 Å². The largest absolute Gasteiger partial charge is 0.472 e. The molecule has 0 aliphatic carbocycles. The highest BCUT2D eigenvalue weighted by atomic mass is 31.2. The second kappa shape index (κ2) is 28.1. The Labute approximate surface area is 248 Å². The van der Waals surface area contributed by atoms with Crippen molar-refractivity contribution in [3.8, 4) is 0 Å². The van der Waals surface area contributed by atoms with Gasteiger partial charge in [0.25, 0.3) is 0 Å². The van der Waals surface area contributed by atoms with E-state index < -0.39 is 26.6 Å². The SMILES string of the molecule is CC/C=C\C/C=C\C/C=C\C/C=C\CCC(=O)NC(COP(=O)(O)OCCN)C(O)/C=C/CC/C=C/CCCCC. The molecule has 0 aromatic heterocycles. The fraction of sp³-hybridized carbons (Fsp3) is 0.594. The molecular formula is C32H55N2O6P. The van der Waals surface area contributed by atoms with Crippen LogP contribution in [0.25, 0.3) is 0 Å². The van der Waals surface area contributed by atoms with E-state index in [0.717, 1.165) is 44.9 Å². The molecule has 0 saturated heterocycles. The Morgan fingerprint density at radius 1 is 0.829 bits per heavy atom. The van der Waals surface area contributed by atoms with E-state index in [4.69, 9.17) is 14.8 Å². The van der Waals surface area contributed by atoms with E-state index in [1.807, 2.05) is 18.2 Å². The van der Waals surface area contributed by atoms with Crippen LogP contribution in [0.3, 0.4) is 0 Å². The third-order valence-corrected chi connectivity index (χ3v) is 6.76. The Hall–Kier alpha value is -2.06. The number of phosphoric acid groups is 1. The van der Waals surface area contributed by atoms with E-state index in [0.29, 0.717) is 6.42 Å². The lowest BCUT2D eigenvalue weighted by atomic mass is 10.1. The number of aliphatic hydroxyl groups excluding tert-OH is 1. The number of nitrogens with two attached hydrogens (primary N) is 1. The number of allylic oxidation sites excluding steroid dienone is 11. The quantitative estimate of drug-likeness (QED) is 0.0483. The highest BCUT2D eigenvalue weighted by Gasteiger charge is 2.26. The van der Waals surface area contributed by atoms with Crippen LogP contribution in [0.4, 0.5) is 0 Å². The molecule has 0 aliphatic rings. The lowest BCUT2D eigenvalue weighted by molar-refractivity contribution is -0.122. The molecule has 0 bridgehead atoms. The Bertz CT molecular complexity index is 866. The normalized spacial score (nSPS) is 15.7. The number of aliphatic hydroxyl groups is 1. The molecule has 0 heterocycles. The van der Waals surface area contributed by atoms with Crippen LogP contribution in [0.2, 0.25) is 0 Å². The number of rotatable bonds is 26. The van der Waals surface area contributed by atoms with Gasteiger partial charge in [0, 0.05) is 13.0 Å². The van der Waals surface area contributed by atoms with Gasteiger partial charge in [-0.2, -0.15) is 0 Å². The molecule has 0 rings (SSSR count). The van der Waals surface area contributed by atoms with Gasteiger partial charge in [-0.05, 0) is 57.8 Å². The van der Waals surface area contributed by atoms with Crippen LogP contribution in [0, 0.1) is 0 Å². The van der Waals surface area contributed by atoms with Crippen LogP contribution in [-0.4, -0.2) is 47.8 Å². The standard InChI is InChI=1S/C32H55N2O6P/c1-3-5-7-9-11-13-14-15-16-18-20-22-24-26-32(36)34-30(29-40-41(37,38)39-28-27-33)31(35)25-23-21-19-17-12-10-8-6-4-2/h5,7,11-13,15-17,20,22-23,25,30-31,35H,3-4,6,8-10,14,18-19,21,24,26-29,33H2,1-2H3,(H,34,36)(H,37,38)/b7-5-,13-11-,16-15-,17-12+,22-20-,25-23+. The van der Waals surface area contributed by atoms with Crippen LogP contribution in [0.5, 0.6) is 0 Å². The Morgan fingerprint density at radius 3 is 2.05 bits per heavy atom. The second-order valence-electron chi connectivity index (χ2n) is 9.56. The van der Waals surface area contributed by atoms with Gasteiger partial charge in [-0.15, -0.1) is 0 Å². The van der Waals surface area contributed by atoms with Gasteiger partial charge in [0.1, 0.15) is 0 Å². The molecule has 8 nitrogen and oxygen atoms in total. The molecule has 0 spiro atoms. The van der Waals surface area contributed by atoms with Crippen molar-refractivity contribution < 1.29 is 28.4 Å². The van der Waals surface area contributed by atoms with Crippen LogP contribution in [0.1, 0.15) is 90.9 Å². The van der Waals surface area contributed by atoms with Crippen molar-refractivity contribution in [2.45, 2.75) is 103 Å². The molecule has 0 aromatic carbocycles. The minimum atomic E-state index is -4.35. The zero-order chi connectivity index (χ0) is 30.4. The number of unbranched alkanes of at least 4 members (excludes halogenated alkanes) is 4. The van der Waals surface area contributed by atoms with Crippen LogP contribution < -0.4 is 11.1 Å². The second-order valence-corrected chi connectivity index (χ2v) is 11.0. The van der Waals surface area contributed by atoms with Crippen LogP contribution in [0.15, 0.2) is 72.9 Å². The molecule has 3 unspecified atom stereocenters. The molecule has 1 amide bonds. The van der Waals surface area contributed by atoms with E-state index in [1.54, 1.807) is 6.08 Å². The Balaban J connectivity index is 4.66. The van der Waals surface area contributed by atoms with Gasteiger partial charge in [-0.3, -0.25) is 13.8 Å². The molecule has 0 saturated carbocycles. The number of amides is 1. The number of hydrogen-bond acceptors (Lipinski definition) is 6. The summed E-state index contributed by atoms with van der Waals surface area (Å²) in [7, 11) is -4.35. The summed E-state index contributed by atoms with van der Waals surface area (Å²) >= 11 is 0. The Kier molecular flexibility index (Phi) is 26.7. The molecular weight excluding hydrogens is 539 g/mol. The number of nitrogens with one attached hydrogen (secondary N) is 1. The maximum Gasteiger partial charge on any atom is 0.472 e. The number of carbonyl (C=O) groups excluding carboxylic acids is 1. The molecule has 3 atom stereocenters. The minimum Gasteiger partial charge on any atom is -0.387 e. The van der Waals surface area contributed by atoms with E-state index in [-0.39, 0.29) is 25.5 Å². The number of carbonyl (C=O) groups is 1. The highest BCUT2D eigenvalue weighted by molar-refractivity contribution is 7.47. The van der Waals surface area contributed by atoms with Gasteiger partial charge in [0.15, 0.2) is 0 Å². The number of hydrogen-bond donors (Lipinski definition) is 4. The number of phosphoric ester groups is 1. The first kappa shape index (κ1) is 38.9. The van der Waals surface area contributed by atoms with E-state index in [9.17, 15) is 19.4 Å². The first-order valence-corrected chi connectivity index (χ1v) is 16.6. The summed E-state index contributed by atoms with van der Waals surface area (Å²) in [6.07, 6.45) is 34.1. The fourth-order valence-corrected chi connectivity index (χ4v) is 4.27. The van der Waals surface area contributed by atoms with Crippen molar-refractivity contribution in [2.75, 3.05) is 19.8 Å². The highest BCUT2D eigenvalue weighted by Crippen LogP contribution is 2.43. The molecule has 0 aliphatic heterocycles. The summed E-state index contributed by atoms with van der Waals surface area (Å²) in [6.45, 7) is 3.82. The maximum atomic E-state index is 12.5. The topological polar surface area (TPSA) is 131 Å². The molecule has 9 heteroatoms. The Morgan fingerprint density at radius 2 is 1.41 bits per heavy atom. The summed E-state index contributed by atoms with van der Waals surface area (Å²) < 4.78 is 21.8. The van der Waals surface area contributed by atoms with Gasteiger partial charge < -0.3 is 21.1 Å². The zero-order valence-corrected chi connectivity index (χ0v) is 26.1. The van der Waals surface area contributed by atoms with Gasteiger partial charge in [-0.1, -0.05) is 99.6 Å². The predicted molar refractivity (Wildman–Crippen MR) is 170 cm³/mol. The molecule has 0 aromatic rings. The van der Waals surface area contributed by atoms with Crippen molar-refractivity contribution in [1.29, 1.82) is 0 Å². The fourth-order valence-electron chi connectivity index (χ4n) is 3.51. The molecule has 0 radical (unpaired) electrons. The van der Waals surface area contributed by atoms with Gasteiger partial charge in [-0.25, -0.2) is 4.57 Å². The molecule has 234 valence electrons. The monoisotopic (exact) mass is 594 g/mol. The minimum absolute atomic E-state index is 0.0593. The summed E-state index contributed by atoms with van der Waals surface area (Å²) in [4.78, 5) is 22.3. The lowest BCUT2D eigenvalue weighted by Crippen LogP contribution is -2.45. The van der Waals surface area contributed by atoms with Crippen molar-refractivity contribution in [3.63, 3.8) is 0 Å². The average Bonchev–Trinajstić information content (AvgIpc) is 2.95. The predicted octanol–water partition coefficient (Wildman–Crippen LogP) is 6.98. The third-order valence-electron chi connectivity index (χ3n) is 5.78. The first-order valence-electron chi connectivity index (χ1n) is 15.1. The summed E-state index contributed by atoms with van der Waals surface area (Å²) in [5.74, 6) is -0.292. The van der Waals surface area contributed by atoms with Crippen molar-refractivity contribution in [2.24, 2.45) is 5.73 Å². The van der Waals surface area contributed by atoms with Crippen molar-refractivity contribution >= 4 is 13.7 Å². The van der Waals surface area contributed by atoms with E-state index >= 15 is 0 Å². The smallest absolute Gasteiger partial charge is 0.387 e. The summed E-state index contributed by atoms with van der Waals surface area (Å²) in [5.41, 5.74) is 5.31.